The molecule has 0 amide bonds. The Morgan fingerprint density at radius 2 is 2.15 bits per heavy atom. The fourth-order valence-corrected chi connectivity index (χ4v) is 4.77. The smallest absolute Gasteiger partial charge is 0.0666 e. The average Bonchev–Trinajstić information content (AvgIpc) is 2.93. The van der Waals surface area contributed by atoms with E-state index in [9.17, 15) is 0 Å². The molecule has 0 aromatic carbocycles. The van der Waals surface area contributed by atoms with Gasteiger partial charge in [-0.3, -0.25) is 4.68 Å². The normalized spacial score (nSPS) is 34.9. The molecular formula is C17H29N3. The van der Waals surface area contributed by atoms with Crippen LogP contribution in [0.2, 0.25) is 0 Å². The Morgan fingerprint density at radius 1 is 1.40 bits per heavy atom. The Kier molecular flexibility index (Phi) is 3.24. The molecular weight excluding hydrogens is 246 g/mol. The Hall–Kier alpha value is -0.830. The minimum absolute atomic E-state index is 0.465. The molecule has 112 valence electrons. The first kappa shape index (κ1) is 14.1. The van der Waals surface area contributed by atoms with Crippen molar-refractivity contribution in [3.63, 3.8) is 0 Å². The van der Waals surface area contributed by atoms with Gasteiger partial charge in [0.25, 0.3) is 0 Å². The van der Waals surface area contributed by atoms with E-state index >= 15 is 0 Å². The highest BCUT2D eigenvalue weighted by molar-refractivity contribution is 5.18. The monoisotopic (exact) mass is 275 g/mol. The molecule has 0 spiro atoms. The second-order valence-electron chi connectivity index (χ2n) is 7.67. The topological polar surface area (TPSA) is 29.9 Å². The highest BCUT2D eigenvalue weighted by Crippen LogP contribution is 2.65. The van der Waals surface area contributed by atoms with Crippen LogP contribution in [0.4, 0.5) is 0 Å². The maximum Gasteiger partial charge on any atom is 0.0666 e. The van der Waals surface area contributed by atoms with E-state index in [0.717, 1.165) is 18.9 Å². The van der Waals surface area contributed by atoms with Crippen LogP contribution in [-0.4, -0.2) is 15.8 Å². The molecule has 2 bridgehead atoms. The predicted octanol–water partition coefficient (Wildman–Crippen LogP) is 3.29. The van der Waals surface area contributed by atoms with E-state index in [1.807, 2.05) is 11.7 Å². The second-order valence-corrected chi connectivity index (χ2v) is 7.67. The van der Waals surface area contributed by atoms with E-state index in [1.54, 1.807) is 0 Å². The summed E-state index contributed by atoms with van der Waals surface area (Å²) in [5.74, 6) is 0.907. The number of nitrogens with one attached hydrogen (secondary N) is 1. The maximum absolute atomic E-state index is 4.54. The fourth-order valence-electron chi connectivity index (χ4n) is 4.77. The number of aromatic nitrogens is 2. The molecule has 1 aromatic heterocycles. The Labute approximate surface area is 123 Å². The highest BCUT2D eigenvalue weighted by Gasteiger charge is 2.60. The quantitative estimate of drug-likeness (QED) is 0.914. The van der Waals surface area contributed by atoms with Crippen molar-refractivity contribution >= 4 is 0 Å². The van der Waals surface area contributed by atoms with Crippen LogP contribution in [0.5, 0.6) is 0 Å². The minimum atomic E-state index is 0.465. The van der Waals surface area contributed by atoms with E-state index in [4.69, 9.17) is 0 Å². The lowest BCUT2D eigenvalue weighted by Crippen LogP contribution is -2.44. The van der Waals surface area contributed by atoms with Crippen LogP contribution in [0.25, 0.3) is 0 Å². The van der Waals surface area contributed by atoms with Gasteiger partial charge in [-0.2, -0.15) is 5.10 Å². The predicted molar refractivity (Wildman–Crippen MR) is 82.4 cm³/mol. The number of fused-ring (bicyclic) bond motifs is 2. The van der Waals surface area contributed by atoms with Gasteiger partial charge in [0.05, 0.1) is 5.69 Å². The van der Waals surface area contributed by atoms with Crippen LogP contribution < -0.4 is 5.32 Å². The first-order chi connectivity index (χ1) is 9.38. The zero-order valence-electron chi connectivity index (χ0n) is 13.7. The summed E-state index contributed by atoms with van der Waals surface area (Å²) in [7, 11) is 2.02. The SMILES string of the molecule is CCc1nn(C)cc1CNC1CC2CCC1(C)C2(C)C. The van der Waals surface area contributed by atoms with Crippen molar-refractivity contribution in [2.24, 2.45) is 23.8 Å². The van der Waals surface area contributed by atoms with E-state index in [2.05, 4.69) is 44.3 Å². The zero-order chi connectivity index (χ0) is 14.5. The summed E-state index contributed by atoms with van der Waals surface area (Å²) in [4.78, 5) is 0. The third-order valence-corrected chi connectivity index (χ3v) is 6.66. The van der Waals surface area contributed by atoms with Gasteiger partial charge >= 0.3 is 0 Å². The van der Waals surface area contributed by atoms with Crippen LogP contribution in [0.15, 0.2) is 6.20 Å². The van der Waals surface area contributed by atoms with Gasteiger partial charge in [-0.15, -0.1) is 0 Å². The fraction of sp³-hybridized carbons (Fsp3) is 0.824. The molecule has 0 radical (unpaired) electrons. The molecule has 2 saturated carbocycles. The zero-order valence-corrected chi connectivity index (χ0v) is 13.7. The molecule has 2 aliphatic carbocycles. The number of rotatable bonds is 4. The second kappa shape index (κ2) is 4.59. The average molecular weight is 275 g/mol. The molecule has 1 N–H and O–H groups in total. The standard InChI is InChI=1S/C17H29N3/c1-6-14-12(11-20(5)19-14)10-18-15-9-13-7-8-17(15,4)16(13,2)3/h11,13,15,18H,6-10H2,1-5H3. The Bertz CT molecular complexity index is 502. The van der Waals surface area contributed by atoms with E-state index in [0.29, 0.717) is 16.9 Å². The van der Waals surface area contributed by atoms with Crippen molar-refractivity contribution in [3.05, 3.63) is 17.5 Å². The Balaban J connectivity index is 1.71. The highest BCUT2D eigenvalue weighted by atomic mass is 15.3. The van der Waals surface area contributed by atoms with Gasteiger partial charge in [-0.05, 0) is 42.4 Å². The lowest BCUT2D eigenvalue weighted by atomic mass is 9.69. The van der Waals surface area contributed by atoms with Crippen molar-refractivity contribution in [3.8, 4) is 0 Å². The van der Waals surface area contributed by atoms with Gasteiger partial charge in [0.1, 0.15) is 0 Å². The first-order valence-electron chi connectivity index (χ1n) is 8.13. The van der Waals surface area contributed by atoms with Gasteiger partial charge in [0, 0.05) is 31.4 Å². The molecule has 20 heavy (non-hydrogen) atoms. The lowest BCUT2D eigenvalue weighted by molar-refractivity contribution is 0.120. The van der Waals surface area contributed by atoms with Gasteiger partial charge in [0.15, 0.2) is 0 Å². The molecule has 3 heteroatoms. The Morgan fingerprint density at radius 3 is 2.70 bits per heavy atom. The molecule has 3 unspecified atom stereocenters. The van der Waals surface area contributed by atoms with Gasteiger partial charge in [-0.1, -0.05) is 27.7 Å². The van der Waals surface area contributed by atoms with Crippen molar-refractivity contribution in [1.29, 1.82) is 0 Å². The summed E-state index contributed by atoms with van der Waals surface area (Å²) < 4.78 is 1.95. The molecule has 1 heterocycles. The molecule has 0 aliphatic heterocycles. The summed E-state index contributed by atoms with van der Waals surface area (Å²) in [6.45, 7) is 10.6. The third kappa shape index (κ3) is 1.86. The number of hydrogen-bond donors (Lipinski definition) is 1. The number of hydrogen-bond acceptors (Lipinski definition) is 2. The molecule has 1 aromatic rings. The molecule has 0 saturated heterocycles. The van der Waals surface area contributed by atoms with Crippen molar-refractivity contribution in [2.75, 3.05) is 0 Å². The van der Waals surface area contributed by atoms with E-state index in [-0.39, 0.29) is 0 Å². The minimum Gasteiger partial charge on any atom is -0.309 e. The molecule has 3 nitrogen and oxygen atoms in total. The van der Waals surface area contributed by atoms with Crippen molar-refractivity contribution < 1.29 is 0 Å². The summed E-state index contributed by atoms with van der Waals surface area (Å²) in [5, 5.41) is 8.41. The lowest BCUT2D eigenvalue weighted by Gasteiger charge is -2.39. The number of aryl methyl sites for hydroxylation is 2. The summed E-state index contributed by atoms with van der Waals surface area (Å²) in [6, 6.07) is 0.668. The largest absolute Gasteiger partial charge is 0.309 e. The van der Waals surface area contributed by atoms with Crippen LogP contribution in [-0.2, 0) is 20.0 Å². The number of nitrogens with zero attached hydrogens (tertiary/aromatic N) is 2. The van der Waals surface area contributed by atoms with E-state index < -0.39 is 0 Å². The summed E-state index contributed by atoms with van der Waals surface area (Å²) in [5.41, 5.74) is 3.58. The van der Waals surface area contributed by atoms with Gasteiger partial charge < -0.3 is 5.32 Å². The first-order valence-corrected chi connectivity index (χ1v) is 8.13. The van der Waals surface area contributed by atoms with Crippen LogP contribution in [0.1, 0.15) is 58.2 Å². The van der Waals surface area contributed by atoms with Crippen LogP contribution in [0.3, 0.4) is 0 Å². The molecule has 3 atom stereocenters. The molecule has 2 fully saturated rings. The van der Waals surface area contributed by atoms with Crippen molar-refractivity contribution in [1.82, 2.24) is 15.1 Å². The van der Waals surface area contributed by atoms with Gasteiger partial charge in [0.2, 0.25) is 0 Å². The maximum atomic E-state index is 4.54. The summed E-state index contributed by atoms with van der Waals surface area (Å²) in [6.07, 6.45) is 7.36. The van der Waals surface area contributed by atoms with Crippen molar-refractivity contribution in [2.45, 2.75) is 66.0 Å². The van der Waals surface area contributed by atoms with Crippen LogP contribution in [0, 0.1) is 16.7 Å². The van der Waals surface area contributed by atoms with Gasteiger partial charge in [-0.25, -0.2) is 0 Å². The molecule has 3 rings (SSSR count). The third-order valence-electron chi connectivity index (χ3n) is 6.66. The summed E-state index contributed by atoms with van der Waals surface area (Å²) >= 11 is 0. The van der Waals surface area contributed by atoms with Crippen LogP contribution >= 0.6 is 0 Å². The van der Waals surface area contributed by atoms with E-state index in [1.165, 1.54) is 30.5 Å². The molecule has 2 aliphatic rings.